The summed E-state index contributed by atoms with van der Waals surface area (Å²) < 4.78 is 10.5. The average Bonchev–Trinajstić information content (AvgIpc) is 2.16. The topological polar surface area (TPSA) is 18.5 Å². The van der Waals surface area contributed by atoms with Gasteiger partial charge in [0, 0.05) is 0 Å². The van der Waals surface area contributed by atoms with Gasteiger partial charge < -0.3 is 9.47 Å². The molecule has 1 rings (SSSR count). The van der Waals surface area contributed by atoms with E-state index >= 15 is 0 Å². The first-order valence-electron chi connectivity index (χ1n) is 5.05. The largest absolute Gasteiger partial charge is 0.496 e. The second-order valence-corrected chi connectivity index (χ2v) is 4.66. The smallest absolute Gasteiger partial charge is 0.133 e. The number of benzene rings is 1. The van der Waals surface area contributed by atoms with Crippen molar-refractivity contribution in [3.63, 3.8) is 0 Å². The predicted molar refractivity (Wildman–Crippen MR) is 61.8 cm³/mol. The second-order valence-electron chi connectivity index (χ2n) is 4.66. The van der Waals surface area contributed by atoms with Gasteiger partial charge in [0.05, 0.1) is 20.3 Å². The van der Waals surface area contributed by atoms with Crippen molar-refractivity contribution < 1.29 is 9.47 Å². The van der Waals surface area contributed by atoms with Crippen LogP contribution in [0.25, 0.3) is 0 Å². The third kappa shape index (κ3) is 2.44. The monoisotopic (exact) mass is 207 g/mol. The van der Waals surface area contributed by atoms with Gasteiger partial charge in [0.2, 0.25) is 0 Å². The van der Waals surface area contributed by atoms with Gasteiger partial charge in [-0.25, -0.2) is 0 Å². The van der Waals surface area contributed by atoms with Crippen molar-refractivity contribution >= 4 is 0 Å². The molecule has 0 saturated carbocycles. The maximum absolute atomic E-state index is 5.29. The van der Waals surface area contributed by atoms with Gasteiger partial charge in [0.1, 0.15) is 11.5 Å². The lowest BCUT2D eigenvalue weighted by Gasteiger charge is -2.23. The molecule has 1 aromatic carbocycles. The van der Waals surface area contributed by atoms with E-state index in [4.69, 9.17) is 9.47 Å². The van der Waals surface area contributed by atoms with E-state index in [0.29, 0.717) is 0 Å². The molecule has 83 valence electrons. The lowest BCUT2D eigenvalue weighted by Crippen LogP contribution is -2.14. The quantitative estimate of drug-likeness (QED) is 0.742. The first kappa shape index (κ1) is 11.9. The lowest BCUT2D eigenvalue weighted by molar-refractivity contribution is 0.387. The molecule has 0 heterocycles. The van der Waals surface area contributed by atoms with Crippen LogP contribution in [0.5, 0.6) is 11.5 Å². The predicted octanol–water partition coefficient (Wildman–Crippen LogP) is 3.11. The normalized spacial score (nSPS) is 11.3. The Morgan fingerprint density at radius 2 is 1.73 bits per heavy atom. The Bertz CT molecular complexity index is 348. The first-order chi connectivity index (χ1) is 6.90. The van der Waals surface area contributed by atoms with Crippen LogP contribution in [0.3, 0.4) is 0 Å². The van der Waals surface area contributed by atoms with Gasteiger partial charge in [-0.15, -0.1) is 0 Å². The molecule has 0 fully saturated rings. The maximum atomic E-state index is 5.29. The van der Waals surface area contributed by atoms with E-state index in [2.05, 4.69) is 33.8 Å². The zero-order valence-corrected chi connectivity index (χ0v) is 10.4. The maximum Gasteiger partial charge on any atom is 0.133 e. The van der Waals surface area contributed by atoms with Gasteiger partial charge in [-0.1, -0.05) is 20.8 Å². The van der Waals surface area contributed by atoms with Gasteiger partial charge in [-0.2, -0.15) is 0 Å². The van der Waals surface area contributed by atoms with Crippen LogP contribution in [0.4, 0.5) is 0 Å². The van der Waals surface area contributed by atoms with Crippen molar-refractivity contribution in [2.45, 2.75) is 33.1 Å². The number of hydrogen-bond donors (Lipinski definition) is 0. The Morgan fingerprint density at radius 1 is 1.13 bits per heavy atom. The molecule has 0 atom stereocenters. The standard InChI is InChI=1S/C13H19O2/c1-9-11(13(2,3)4)7-10(14-5)8-12(9)15-6/h7H,1-6H3. The summed E-state index contributed by atoms with van der Waals surface area (Å²) in [5, 5.41) is 0. The van der Waals surface area contributed by atoms with Gasteiger partial charge >= 0.3 is 0 Å². The summed E-state index contributed by atoms with van der Waals surface area (Å²) in [6.45, 7) is 8.58. The summed E-state index contributed by atoms with van der Waals surface area (Å²) in [5.41, 5.74) is 2.44. The lowest BCUT2D eigenvalue weighted by atomic mass is 9.83. The average molecular weight is 207 g/mol. The molecule has 2 heteroatoms. The van der Waals surface area contributed by atoms with Crippen molar-refractivity contribution in [1.29, 1.82) is 0 Å². The van der Waals surface area contributed by atoms with Crippen LogP contribution in [-0.2, 0) is 5.41 Å². The van der Waals surface area contributed by atoms with Crippen molar-refractivity contribution in [2.24, 2.45) is 0 Å². The van der Waals surface area contributed by atoms with Crippen LogP contribution in [0.15, 0.2) is 6.07 Å². The third-order valence-electron chi connectivity index (χ3n) is 2.49. The number of rotatable bonds is 2. The Morgan fingerprint density at radius 3 is 2.13 bits per heavy atom. The molecular formula is C13H19O2. The van der Waals surface area contributed by atoms with E-state index in [9.17, 15) is 0 Å². The first-order valence-corrected chi connectivity index (χ1v) is 5.05. The zero-order valence-electron chi connectivity index (χ0n) is 10.4. The summed E-state index contributed by atoms with van der Waals surface area (Å²) in [6.07, 6.45) is 0. The Hall–Kier alpha value is -1.18. The van der Waals surface area contributed by atoms with Gasteiger partial charge in [0.25, 0.3) is 0 Å². The molecule has 0 bridgehead atoms. The fourth-order valence-electron chi connectivity index (χ4n) is 1.70. The van der Waals surface area contributed by atoms with Gasteiger partial charge in [0.15, 0.2) is 0 Å². The minimum Gasteiger partial charge on any atom is -0.496 e. The molecule has 0 amide bonds. The zero-order chi connectivity index (χ0) is 11.6. The van der Waals surface area contributed by atoms with E-state index in [-0.39, 0.29) is 5.41 Å². The molecule has 0 saturated heterocycles. The minimum atomic E-state index is 0.0831. The van der Waals surface area contributed by atoms with Crippen LogP contribution in [-0.4, -0.2) is 14.2 Å². The molecule has 0 spiro atoms. The molecular weight excluding hydrogens is 188 g/mol. The Balaban J connectivity index is 3.37. The van der Waals surface area contributed by atoms with E-state index in [0.717, 1.165) is 17.1 Å². The molecule has 0 unspecified atom stereocenters. The number of methoxy groups -OCH3 is 2. The van der Waals surface area contributed by atoms with Crippen LogP contribution < -0.4 is 9.47 Å². The molecule has 15 heavy (non-hydrogen) atoms. The van der Waals surface area contributed by atoms with Crippen molar-refractivity contribution in [3.05, 3.63) is 23.3 Å². The SMILES string of the molecule is COc1[c]c(OC)c(C)c(C(C)(C)C)c1. The highest BCUT2D eigenvalue weighted by molar-refractivity contribution is 5.47. The molecule has 1 radical (unpaired) electrons. The third-order valence-corrected chi connectivity index (χ3v) is 2.49. The second kappa shape index (κ2) is 4.13. The van der Waals surface area contributed by atoms with Gasteiger partial charge in [-0.05, 0) is 29.5 Å². The van der Waals surface area contributed by atoms with E-state index in [1.54, 1.807) is 14.2 Å². The van der Waals surface area contributed by atoms with Crippen LogP contribution in [0.1, 0.15) is 31.9 Å². The number of ether oxygens (including phenoxy) is 2. The van der Waals surface area contributed by atoms with Crippen molar-refractivity contribution in [1.82, 2.24) is 0 Å². The highest BCUT2D eigenvalue weighted by Gasteiger charge is 2.20. The Labute approximate surface area is 92.2 Å². The van der Waals surface area contributed by atoms with Crippen molar-refractivity contribution in [2.75, 3.05) is 14.2 Å². The van der Waals surface area contributed by atoms with Crippen LogP contribution >= 0.6 is 0 Å². The van der Waals surface area contributed by atoms with E-state index < -0.39 is 0 Å². The highest BCUT2D eigenvalue weighted by Crippen LogP contribution is 2.34. The molecule has 0 N–H and O–H groups in total. The summed E-state index contributed by atoms with van der Waals surface area (Å²) in [5.74, 6) is 1.49. The molecule has 0 aliphatic rings. The van der Waals surface area contributed by atoms with Gasteiger partial charge in [-0.3, -0.25) is 0 Å². The molecule has 0 aliphatic heterocycles. The van der Waals surface area contributed by atoms with Crippen LogP contribution in [0, 0.1) is 13.0 Å². The fraction of sp³-hybridized carbons (Fsp3) is 0.538. The summed E-state index contributed by atoms with van der Waals surface area (Å²) >= 11 is 0. The summed E-state index contributed by atoms with van der Waals surface area (Å²) in [6, 6.07) is 5.11. The Kier molecular flexibility index (Phi) is 3.28. The number of hydrogen-bond acceptors (Lipinski definition) is 2. The highest BCUT2D eigenvalue weighted by atomic mass is 16.5. The van der Waals surface area contributed by atoms with Crippen LogP contribution in [0.2, 0.25) is 0 Å². The molecule has 2 nitrogen and oxygen atoms in total. The van der Waals surface area contributed by atoms with Crippen molar-refractivity contribution in [3.8, 4) is 11.5 Å². The summed E-state index contributed by atoms with van der Waals surface area (Å²) in [4.78, 5) is 0. The molecule has 1 aromatic rings. The minimum absolute atomic E-state index is 0.0831. The summed E-state index contributed by atoms with van der Waals surface area (Å²) in [7, 11) is 3.30. The van der Waals surface area contributed by atoms with E-state index in [1.165, 1.54) is 5.56 Å². The van der Waals surface area contributed by atoms with E-state index in [1.807, 2.05) is 6.07 Å². The molecule has 0 aliphatic carbocycles. The molecule has 0 aromatic heterocycles. The fourth-order valence-corrected chi connectivity index (χ4v) is 1.70.